The SMILES string of the molecule is CC(=O)OC(C)(C)/C=C/C(=O)[C@@](C)(O)[C@H]1[C@H](O)C[C@@]2(C)[C@@H]3CC=C4[C@@H](C[C@H](OC(=O)Cn5ncn(-c6ccc(F)cc6)c5=O)C(=O)C4(C)C)[C@]3(C)C(=O)C[C@]12C. The van der Waals surface area contributed by atoms with Crippen LogP contribution in [0.5, 0.6) is 0 Å². The number of aliphatic hydroxyl groups is 2. The maximum absolute atomic E-state index is 14.8. The van der Waals surface area contributed by atoms with E-state index < -0.39 is 92.7 Å². The first kappa shape index (κ1) is 41.1. The summed E-state index contributed by atoms with van der Waals surface area (Å²) in [6, 6.07) is 5.17. The van der Waals surface area contributed by atoms with Crippen molar-refractivity contribution in [3.8, 4) is 5.69 Å². The van der Waals surface area contributed by atoms with Gasteiger partial charge in [-0.2, -0.15) is 5.10 Å². The zero-order valence-corrected chi connectivity index (χ0v) is 33.4. The molecule has 0 bridgehead atoms. The Bertz CT molecular complexity index is 2110. The highest BCUT2D eigenvalue weighted by molar-refractivity contribution is 5.98. The van der Waals surface area contributed by atoms with Gasteiger partial charge in [-0.25, -0.2) is 18.4 Å². The predicted molar refractivity (Wildman–Crippen MR) is 199 cm³/mol. The topological polar surface area (TPSA) is 184 Å². The Labute approximate surface area is 324 Å². The van der Waals surface area contributed by atoms with Crippen LogP contribution in [-0.4, -0.2) is 77.3 Å². The minimum atomic E-state index is -2.09. The molecule has 1 aromatic heterocycles. The number of Topliss-reactive ketones (excluding diaryl/α,β-unsaturated/α-hetero) is 2. The molecule has 14 heteroatoms. The second-order valence-electron chi connectivity index (χ2n) is 18.1. The molecule has 0 spiro atoms. The van der Waals surface area contributed by atoms with Crippen LogP contribution in [0.4, 0.5) is 4.39 Å². The number of ether oxygens (including phenoxy) is 2. The van der Waals surface area contributed by atoms with Crippen LogP contribution in [0.25, 0.3) is 5.69 Å². The number of benzene rings is 1. The largest absolute Gasteiger partial charge is 0.456 e. The monoisotopic (exact) mass is 777 g/mol. The third-order valence-electron chi connectivity index (χ3n) is 13.9. The fourth-order valence-electron chi connectivity index (χ4n) is 11.0. The van der Waals surface area contributed by atoms with E-state index in [4.69, 9.17) is 9.47 Å². The fraction of sp³-hybridized carbons (Fsp3) is 0.595. The molecule has 13 nitrogen and oxygen atoms in total. The molecule has 6 rings (SSSR count). The zero-order valence-electron chi connectivity index (χ0n) is 33.4. The number of carbonyl (C=O) groups excluding carboxylic acids is 5. The molecule has 0 amide bonds. The van der Waals surface area contributed by atoms with E-state index in [-0.39, 0.29) is 36.7 Å². The van der Waals surface area contributed by atoms with Gasteiger partial charge in [0.2, 0.25) is 0 Å². The van der Waals surface area contributed by atoms with Crippen LogP contribution in [0.3, 0.4) is 0 Å². The van der Waals surface area contributed by atoms with Crippen LogP contribution in [0.2, 0.25) is 0 Å². The van der Waals surface area contributed by atoms with Gasteiger partial charge in [0.05, 0.1) is 11.8 Å². The third-order valence-corrected chi connectivity index (χ3v) is 13.9. The van der Waals surface area contributed by atoms with E-state index >= 15 is 0 Å². The van der Waals surface area contributed by atoms with E-state index in [0.717, 1.165) is 20.9 Å². The first-order valence-electron chi connectivity index (χ1n) is 19.0. The maximum atomic E-state index is 14.8. The lowest BCUT2D eigenvalue weighted by atomic mass is 9.38. The second-order valence-corrected chi connectivity index (χ2v) is 18.1. The van der Waals surface area contributed by atoms with Crippen molar-refractivity contribution in [2.45, 2.75) is 118 Å². The average Bonchev–Trinajstić information content (AvgIpc) is 3.54. The van der Waals surface area contributed by atoms with Gasteiger partial charge in [0, 0.05) is 30.1 Å². The van der Waals surface area contributed by atoms with E-state index in [1.807, 2.05) is 26.8 Å². The van der Waals surface area contributed by atoms with Gasteiger partial charge < -0.3 is 19.7 Å². The number of halogens is 1. The number of ketones is 3. The Morgan fingerprint density at radius 2 is 1.68 bits per heavy atom. The normalized spacial score (nSPS) is 33.5. The van der Waals surface area contributed by atoms with Crippen molar-refractivity contribution in [1.29, 1.82) is 0 Å². The number of allylic oxidation sites excluding steroid dienone is 2. The fourth-order valence-corrected chi connectivity index (χ4v) is 11.0. The lowest BCUT2D eigenvalue weighted by Crippen LogP contribution is -2.65. The Morgan fingerprint density at radius 3 is 2.30 bits per heavy atom. The van der Waals surface area contributed by atoms with Gasteiger partial charge in [0.1, 0.15) is 35.7 Å². The number of hydrogen-bond donors (Lipinski definition) is 2. The molecule has 302 valence electrons. The highest BCUT2D eigenvalue weighted by Crippen LogP contribution is 2.74. The number of fused-ring (bicyclic) bond motifs is 5. The molecule has 1 aromatic carbocycles. The van der Waals surface area contributed by atoms with Crippen LogP contribution in [0.1, 0.15) is 88.0 Å². The molecule has 2 aromatic rings. The lowest BCUT2D eigenvalue weighted by Gasteiger charge is -2.64. The van der Waals surface area contributed by atoms with Crippen molar-refractivity contribution >= 4 is 29.3 Å². The van der Waals surface area contributed by atoms with Crippen molar-refractivity contribution in [2.24, 2.45) is 39.4 Å². The summed E-state index contributed by atoms with van der Waals surface area (Å²) in [5.41, 5.74) is -6.74. The number of aliphatic hydroxyl groups excluding tert-OH is 1. The first-order valence-corrected chi connectivity index (χ1v) is 19.0. The molecule has 1 heterocycles. The summed E-state index contributed by atoms with van der Waals surface area (Å²) in [6.07, 6.45) is 3.94. The number of hydrogen-bond acceptors (Lipinski definition) is 11. The molecular formula is C42H52FN3O10. The molecular weight excluding hydrogens is 725 g/mol. The Morgan fingerprint density at radius 1 is 1.04 bits per heavy atom. The quantitative estimate of drug-likeness (QED) is 0.211. The number of carbonyl (C=O) groups is 5. The molecule has 0 radical (unpaired) electrons. The summed E-state index contributed by atoms with van der Waals surface area (Å²) in [7, 11) is 0. The molecule has 2 N–H and O–H groups in total. The number of esters is 2. The Hall–Kier alpha value is -4.56. The summed E-state index contributed by atoms with van der Waals surface area (Å²) in [5, 5.41) is 27.8. The third kappa shape index (κ3) is 6.32. The van der Waals surface area contributed by atoms with E-state index in [0.29, 0.717) is 12.1 Å². The second kappa shape index (κ2) is 13.5. The number of nitrogens with zero attached hydrogens (tertiary/aromatic N) is 3. The van der Waals surface area contributed by atoms with Crippen molar-refractivity contribution in [3.05, 3.63) is 70.7 Å². The highest BCUT2D eigenvalue weighted by Gasteiger charge is 2.74. The van der Waals surface area contributed by atoms with Crippen LogP contribution < -0.4 is 5.69 Å². The van der Waals surface area contributed by atoms with E-state index in [9.17, 15) is 43.4 Å². The van der Waals surface area contributed by atoms with E-state index in [1.165, 1.54) is 50.5 Å². The van der Waals surface area contributed by atoms with Crippen molar-refractivity contribution in [3.63, 3.8) is 0 Å². The van der Waals surface area contributed by atoms with Gasteiger partial charge in [0.15, 0.2) is 17.7 Å². The zero-order chi connectivity index (χ0) is 41.6. The molecule has 56 heavy (non-hydrogen) atoms. The molecule has 0 saturated heterocycles. The molecule has 0 aliphatic heterocycles. The van der Waals surface area contributed by atoms with Gasteiger partial charge in [0.25, 0.3) is 0 Å². The highest BCUT2D eigenvalue weighted by atomic mass is 19.1. The lowest BCUT2D eigenvalue weighted by molar-refractivity contribution is -0.185. The summed E-state index contributed by atoms with van der Waals surface area (Å²) in [6.45, 7) is 14.5. The summed E-state index contributed by atoms with van der Waals surface area (Å²) in [4.78, 5) is 80.5. The molecule has 3 fully saturated rings. The maximum Gasteiger partial charge on any atom is 0.350 e. The van der Waals surface area contributed by atoms with Crippen molar-refractivity contribution < 1.29 is 48.0 Å². The van der Waals surface area contributed by atoms with Crippen LogP contribution in [0, 0.1) is 45.2 Å². The number of rotatable bonds is 9. The average molecular weight is 778 g/mol. The van der Waals surface area contributed by atoms with Crippen molar-refractivity contribution in [2.75, 3.05) is 0 Å². The smallest absolute Gasteiger partial charge is 0.350 e. The Balaban J connectivity index is 1.27. The van der Waals surface area contributed by atoms with Gasteiger partial charge in [-0.1, -0.05) is 32.4 Å². The first-order chi connectivity index (χ1) is 25.8. The molecule has 0 unspecified atom stereocenters. The van der Waals surface area contributed by atoms with Crippen molar-refractivity contribution in [1.82, 2.24) is 14.3 Å². The summed E-state index contributed by atoms with van der Waals surface area (Å²) in [5.74, 6) is -5.00. The number of aromatic nitrogens is 3. The van der Waals surface area contributed by atoms with Gasteiger partial charge in [-0.15, -0.1) is 0 Å². The van der Waals surface area contributed by atoms with E-state index in [2.05, 4.69) is 5.10 Å². The summed E-state index contributed by atoms with van der Waals surface area (Å²) >= 11 is 0. The standard InChI is InChI=1S/C42H52FN3O10/c1-23(47)56-37(2,3)17-16-31(49)42(9,54)34-28(48)19-39(6)30-15-14-26-27(41(30,8)32(50)20-40(34,39)7)18-29(35(52)38(26,4)5)55-33(51)21-46-36(53)45(22-44-46)25-12-10-24(43)11-13-25/h10-14,16-17,22,27-30,34,48,54H,15,18-21H2,1-9H3/b17-16+/t27-,28-,29+,30+,34+,39+,40-,41+,42-/m1/s1. The minimum absolute atomic E-state index is 0.0232. The van der Waals surface area contributed by atoms with Gasteiger partial charge in [-0.3, -0.25) is 24.0 Å². The molecule has 9 atom stereocenters. The molecule has 3 saturated carbocycles. The summed E-state index contributed by atoms with van der Waals surface area (Å²) < 4.78 is 26.6. The van der Waals surface area contributed by atoms with E-state index in [1.54, 1.807) is 27.7 Å². The predicted octanol–water partition coefficient (Wildman–Crippen LogP) is 4.24. The van der Waals surface area contributed by atoms with Crippen LogP contribution >= 0.6 is 0 Å². The van der Waals surface area contributed by atoms with Gasteiger partial charge in [-0.05, 0) is 113 Å². The van der Waals surface area contributed by atoms with Gasteiger partial charge >= 0.3 is 17.6 Å². The van der Waals surface area contributed by atoms with Crippen LogP contribution in [0.15, 0.2) is 59.2 Å². The minimum Gasteiger partial charge on any atom is -0.456 e. The molecule has 4 aliphatic carbocycles. The molecule has 4 aliphatic rings. The Kier molecular flexibility index (Phi) is 9.93. The van der Waals surface area contributed by atoms with Crippen LogP contribution in [-0.2, 0) is 40.0 Å².